The largest absolute Gasteiger partial charge is 0.392 e. The molecule has 5 heteroatoms. The molecule has 1 saturated heterocycles. The Hall–Kier alpha value is -1.43. The van der Waals surface area contributed by atoms with E-state index in [1.165, 1.54) is 0 Å². The normalized spacial score (nSPS) is 16.9. The van der Waals surface area contributed by atoms with E-state index in [1.807, 2.05) is 12.1 Å². The van der Waals surface area contributed by atoms with E-state index in [0.717, 1.165) is 39.1 Å². The minimum atomic E-state index is -0.106. The van der Waals surface area contributed by atoms with Gasteiger partial charge in [0.15, 0.2) is 0 Å². The van der Waals surface area contributed by atoms with Gasteiger partial charge in [0, 0.05) is 38.3 Å². The van der Waals surface area contributed by atoms with Gasteiger partial charge in [-0.3, -0.25) is 4.79 Å². The van der Waals surface area contributed by atoms with Crippen LogP contribution in [0.2, 0.25) is 0 Å². The molecular formula is C16H25N3O2. The van der Waals surface area contributed by atoms with Gasteiger partial charge >= 0.3 is 0 Å². The van der Waals surface area contributed by atoms with Crippen LogP contribution in [0.4, 0.5) is 0 Å². The van der Waals surface area contributed by atoms with Gasteiger partial charge in [0.05, 0.1) is 6.61 Å². The van der Waals surface area contributed by atoms with Crippen LogP contribution in [0.25, 0.3) is 0 Å². The van der Waals surface area contributed by atoms with E-state index in [4.69, 9.17) is 0 Å². The molecule has 0 saturated carbocycles. The molecule has 0 aromatic heterocycles. The van der Waals surface area contributed by atoms with E-state index in [2.05, 4.69) is 22.2 Å². The first-order valence-electron chi connectivity index (χ1n) is 7.58. The summed E-state index contributed by atoms with van der Waals surface area (Å²) >= 11 is 0. The zero-order chi connectivity index (χ0) is 15.1. The number of rotatable bonds is 6. The van der Waals surface area contributed by atoms with Gasteiger partial charge in [-0.1, -0.05) is 18.2 Å². The van der Waals surface area contributed by atoms with Crippen molar-refractivity contribution in [3.8, 4) is 0 Å². The first kappa shape index (κ1) is 15.9. The highest BCUT2D eigenvalue weighted by molar-refractivity contribution is 5.95. The zero-order valence-corrected chi connectivity index (χ0v) is 12.7. The van der Waals surface area contributed by atoms with E-state index in [0.29, 0.717) is 17.7 Å². The molecule has 0 atom stereocenters. The van der Waals surface area contributed by atoms with E-state index < -0.39 is 0 Å². The van der Waals surface area contributed by atoms with Crippen molar-refractivity contribution in [2.45, 2.75) is 13.0 Å². The second-order valence-electron chi connectivity index (χ2n) is 5.57. The molecule has 2 N–H and O–H groups in total. The highest BCUT2D eigenvalue weighted by atomic mass is 16.3. The molecule has 1 aliphatic heterocycles. The van der Waals surface area contributed by atoms with Crippen LogP contribution >= 0.6 is 0 Å². The number of nitrogens with one attached hydrogen (secondary N) is 1. The molecule has 0 bridgehead atoms. The molecular weight excluding hydrogens is 266 g/mol. The predicted molar refractivity (Wildman–Crippen MR) is 83.3 cm³/mol. The number of nitrogens with zero attached hydrogens (tertiary/aromatic N) is 2. The summed E-state index contributed by atoms with van der Waals surface area (Å²) in [5.41, 5.74) is 1.24. The molecule has 1 aromatic carbocycles. The number of hydrogen-bond donors (Lipinski definition) is 2. The topological polar surface area (TPSA) is 55.8 Å². The number of amides is 1. The van der Waals surface area contributed by atoms with Crippen molar-refractivity contribution >= 4 is 5.91 Å². The van der Waals surface area contributed by atoms with E-state index in [-0.39, 0.29) is 12.5 Å². The number of hydrogen-bond acceptors (Lipinski definition) is 4. The fourth-order valence-electron chi connectivity index (χ4n) is 2.55. The number of carbonyl (C=O) groups is 1. The highest BCUT2D eigenvalue weighted by Gasteiger charge is 2.13. The van der Waals surface area contributed by atoms with Gasteiger partial charge in [0.25, 0.3) is 5.91 Å². The smallest absolute Gasteiger partial charge is 0.251 e. The molecule has 1 fully saturated rings. The Balaban J connectivity index is 1.70. The Morgan fingerprint density at radius 1 is 1.24 bits per heavy atom. The van der Waals surface area contributed by atoms with Crippen LogP contribution in [0.3, 0.4) is 0 Å². The molecule has 1 amide bonds. The van der Waals surface area contributed by atoms with E-state index in [9.17, 15) is 9.90 Å². The zero-order valence-electron chi connectivity index (χ0n) is 12.7. The predicted octanol–water partition coefficient (Wildman–Crippen LogP) is 0.546. The SMILES string of the molecule is CN1CCN(CCCNC(=O)c2ccccc2CO)CC1. The minimum absolute atomic E-state index is 0.0990. The van der Waals surface area contributed by atoms with Crippen molar-refractivity contribution in [3.63, 3.8) is 0 Å². The summed E-state index contributed by atoms with van der Waals surface area (Å²) in [6.45, 7) is 6.05. The average molecular weight is 291 g/mol. The van der Waals surface area contributed by atoms with Crippen LogP contribution in [0.5, 0.6) is 0 Å². The second-order valence-corrected chi connectivity index (χ2v) is 5.57. The van der Waals surface area contributed by atoms with Gasteiger partial charge in [0.2, 0.25) is 0 Å². The summed E-state index contributed by atoms with van der Waals surface area (Å²) in [5, 5.41) is 12.2. The Bertz CT molecular complexity index is 457. The van der Waals surface area contributed by atoms with Crippen molar-refractivity contribution in [3.05, 3.63) is 35.4 Å². The summed E-state index contributed by atoms with van der Waals surface area (Å²) in [7, 11) is 2.15. The van der Waals surface area contributed by atoms with Gasteiger partial charge in [-0.2, -0.15) is 0 Å². The maximum Gasteiger partial charge on any atom is 0.251 e. The van der Waals surface area contributed by atoms with Gasteiger partial charge < -0.3 is 20.2 Å². The first-order valence-corrected chi connectivity index (χ1v) is 7.58. The van der Waals surface area contributed by atoms with Gasteiger partial charge in [-0.25, -0.2) is 0 Å². The Labute approximate surface area is 126 Å². The summed E-state index contributed by atoms with van der Waals surface area (Å²) in [5.74, 6) is -0.0990. The number of likely N-dealkylation sites (N-methyl/N-ethyl adjacent to an activating group) is 1. The molecule has 0 aliphatic carbocycles. The molecule has 116 valence electrons. The monoisotopic (exact) mass is 291 g/mol. The van der Waals surface area contributed by atoms with Crippen LogP contribution in [0, 0.1) is 0 Å². The van der Waals surface area contributed by atoms with Crippen molar-refractivity contribution < 1.29 is 9.90 Å². The molecule has 1 heterocycles. The first-order chi connectivity index (χ1) is 10.2. The fourth-order valence-corrected chi connectivity index (χ4v) is 2.55. The summed E-state index contributed by atoms with van der Waals surface area (Å²) in [4.78, 5) is 16.9. The standard InChI is InChI=1S/C16H25N3O2/c1-18-9-11-19(12-10-18)8-4-7-17-16(21)15-6-3-2-5-14(15)13-20/h2-3,5-6,20H,4,7-13H2,1H3,(H,17,21). The van der Waals surface area contributed by atoms with Crippen LogP contribution < -0.4 is 5.32 Å². The molecule has 5 nitrogen and oxygen atoms in total. The Kier molecular flexibility index (Phi) is 6.17. The maximum absolute atomic E-state index is 12.1. The Morgan fingerprint density at radius 2 is 1.95 bits per heavy atom. The summed E-state index contributed by atoms with van der Waals surface area (Å²) in [6.07, 6.45) is 0.955. The lowest BCUT2D eigenvalue weighted by Crippen LogP contribution is -2.45. The quantitative estimate of drug-likeness (QED) is 0.752. The van der Waals surface area contributed by atoms with Crippen LogP contribution in [-0.2, 0) is 6.61 Å². The minimum Gasteiger partial charge on any atom is -0.392 e. The van der Waals surface area contributed by atoms with Gasteiger partial charge in [-0.05, 0) is 31.6 Å². The van der Waals surface area contributed by atoms with Crippen LogP contribution in [0.15, 0.2) is 24.3 Å². The molecule has 21 heavy (non-hydrogen) atoms. The Morgan fingerprint density at radius 3 is 2.67 bits per heavy atom. The molecule has 0 spiro atoms. The molecule has 0 unspecified atom stereocenters. The van der Waals surface area contributed by atoms with Crippen molar-refractivity contribution in [2.24, 2.45) is 0 Å². The number of piperazine rings is 1. The average Bonchev–Trinajstić information content (AvgIpc) is 2.53. The lowest BCUT2D eigenvalue weighted by Gasteiger charge is -2.32. The number of benzene rings is 1. The summed E-state index contributed by atoms with van der Waals surface area (Å²) < 4.78 is 0. The molecule has 1 aromatic rings. The third-order valence-electron chi connectivity index (χ3n) is 3.96. The molecule has 2 rings (SSSR count). The third-order valence-corrected chi connectivity index (χ3v) is 3.96. The van der Waals surface area contributed by atoms with Crippen molar-refractivity contribution in [1.29, 1.82) is 0 Å². The van der Waals surface area contributed by atoms with Crippen molar-refractivity contribution in [1.82, 2.24) is 15.1 Å². The van der Waals surface area contributed by atoms with E-state index in [1.54, 1.807) is 12.1 Å². The molecule has 1 aliphatic rings. The van der Waals surface area contributed by atoms with E-state index >= 15 is 0 Å². The van der Waals surface area contributed by atoms with Gasteiger partial charge in [-0.15, -0.1) is 0 Å². The lowest BCUT2D eigenvalue weighted by atomic mass is 10.1. The number of aliphatic hydroxyl groups excluding tert-OH is 1. The van der Waals surface area contributed by atoms with Crippen LogP contribution in [-0.4, -0.2) is 67.1 Å². The van der Waals surface area contributed by atoms with Gasteiger partial charge in [0.1, 0.15) is 0 Å². The number of aliphatic hydroxyl groups is 1. The second kappa shape index (κ2) is 8.12. The lowest BCUT2D eigenvalue weighted by molar-refractivity contribution is 0.0946. The fraction of sp³-hybridized carbons (Fsp3) is 0.562. The highest BCUT2D eigenvalue weighted by Crippen LogP contribution is 2.08. The van der Waals surface area contributed by atoms with Crippen LogP contribution in [0.1, 0.15) is 22.3 Å². The van der Waals surface area contributed by atoms with Crippen molar-refractivity contribution in [2.75, 3.05) is 46.3 Å². The third kappa shape index (κ3) is 4.81. The number of carbonyl (C=O) groups excluding carboxylic acids is 1. The summed E-state index contributed by atoms with van der Waals surface area (Å²) in [6, 6.07) is 7.18. The maximum atomic E-state index is 12.1. The molecule has 0 radical (unpaired) electrons.